The Bertz CT molecular complexity index is 466. The second-order valence-corrected chi connectivity index (χ2v) is 4.86. The summed E-state index contributed by atoms with van der Waals surface area (Å²) in [6.45, 7) is 3.59. The maximum atomic E-state index is 9.30. The third-order valence-electron chi connectivity index (χ3n) is 2.81. The lowest BCUT2D eigenvalue weighted by Gasteiger charge is -2.27. The number of hydrogen-bond donors (Lipinski definition) is 2. The molecule has 0 bridgehead atoms. The van der Waals surface area contributed by atoms with Gasteiger partial charge in [-0.25, -0.2) is 0 Å². The molecule has 0 amide bonds. The molecular formula is C14H20N2O3. The van der Waals surface area contributed by atoms with Crippen molar-refractivity contribution in [3.8, 4) is 17.6 Å². The number of nitrogens with one attached hydrogen (secondary N) is 1. The zero-order valence-electron chi connectivity index (χ0n) is 11.7. The summed E-state index contributed by atoms with van der Waals surface area (Å²) >= 11 is 0. The molecule has 1 rings (SSSR count). The summed E-state index contributed by atoms with van der Waals surface area (Å²) in [5, 5.41) is 21.7. The Morgan fingerprint density at radius 1 is 1.37 bits per heavy atom. The van der Waals surface area contributed by atoms with Crippen molar-refractivity contribution in [2.45, 2.75) is 25.4 Å². The Labute approximate surface area is 113 Å². The first kappa shape index (κ1) is 15.3. The molecule has 1 unspecified atom stereocenters. The van der Waals surface area contributed by atoms with Crippen molar-refractivity contribution in [2.24, 2.45) is 0 Å². The highest BCUT2D eigenvalue weighted by atomic mass is 16.5. The SMILES string of the molecule is COc1ccc(C(C#N)NC(C)(C)CO)c(OC)c1. The van der Waals surface area contributed by atoms with E-state index >= 15 is 0 Å². The van der Waals surface area contributed by atoms with E-state index in [-0.39, 0.29) is 6.61 Å². The zero-order valence-corrected chi connectivity index (χ0v) is 11.7. The van der Waals surface area contributed by atoms with Crippen LogP contribution >= 0.6 is 0 Å². The molecule has 0 saturated carbocycles. The first-order valence-corrected chi connectivity index (χ1v) is 5.97. The molecule has 19 heavy (non-hydrogen) atoms. The van der Waals surface area contributed by atoms with Gasteiger partial charge in [0.1, 0.15) is 17.5 Å². The number of nitrogens with zero attached hydrogens (tertiary/aromatic N) is 1. The standard InChI is InChI=1S/C14H20N2O3/c1-14(2,9-17)16-12(8-15)11-6-5-10(18-3)7-13(11)19-4/h5-7,12,16-17H,9H2,1-4H3. The van der Waals surface area contributed by atoms with Gasteiger partial charge < -0.3 is 14.6 Å². The van der Waals surface area contributed by atoms with Crippen LogP contribution in [0.3, 0.4) is 0 Å². The van der Waals surface area contributed by atoms with Crippen molar-refractivity contribution in [1.29, 1.82) is 5.26 Å². The highest BCUT2D eigenvalue weighted by molar-refractivity contribution is 5.44. The molecule has 0 spiro atoms. The molecule has 5 nitrogen and oxygen atoms in total. The van der Waals surface area contributed by atoms with Crippen molar-refractivity contribution < 1.29 is 14.6 Å². The summed E-state index contributed by atoms with van der Waals surface area (Å²) < 4.78 is 10.4. The predicted octanol–water partition coefficient (Wildman–Crippen LogP) is 1.63. The van der Waals surface area contributed by atoms with Crippen LogP contribution in [0.5, 0.6) is 11.5 Å². The monoisotopic (exact) mass is 264 g/mol. The molecule has 0 fully saturated rings. The van der Waals surface area contributed by atoms with Gasteiger partial charge in [-0.15, -0.1) is 0 Å². The number of methoxy groups -OCH3 is 2. The average Bonchev–Trinajstić information content (AvgIpc) is 2.44. The molecule has 104 valence electrons. The Kier molecular flexibility index (Phi) is 5.16. The summed E-state index contributed by atoms with van der Waals surface area (Å²) in [7, 11) is 3.12. The normalized spacial score (nSPS) is 12.6. The van der Waals surface area contributed by atoms with E-state index in [0.29, 0.717) is 17.1 Å². The summed E-state index contributed by atoms with van der Waals surface area (Å²) in [6, 6.07) is 6.90. The van der Waals surface area contributed by atoms with E-state index in [1.807, 2.05) is 13.8 Å². The van der Waals surface area contributed by atoms with E-state index in [0.717, 1.165) is 0 Å². The van der Waals surface area contributed by atoms with Crippen LogP contribution in [0.2, 0.25) is 0 Å². The molecule has 2 N–H and O–H groups in total. The number of nitriles is 1. The fourth-order valence-electron chi connectivity index (χ4n) is 1.67. The van der Waals surface area contributed by atoms with Gasteiger partial charge in [0.15, 0.2) is 0 Å². The minimum atomic E-state index is -0.567. The van der Waals surface area contributed by atoms with E-state index in [4.69, 9.17) is 9.47 Å². The van der Waals surface area contributed by atoms with Crippen molar-refractivity contribution in [1.82, 2.24) is 5.32 Å². The molecule has 0 aliphatic heterocycles. The second kappa shape index (κ2) is 6.41. The summed E-state index contributed by atoms with van der Waals surface area (Å²) in [6.07, 6.45) is 0. The van der Waals surface area contributed by atoms with Crippen molar-refractivity contribution >= 4 is 0 Å². The van der Waals surface area contributed by atoms with Gasteiger partial charge in [-0.3, -0.25) is 5.32 Å². The fraction of sp³-hybridized carbons (Fsp3) is 0.500. The van der Waals surface area contributed by atoms with Gasteiger partial charge in [0.05, 0.1) is 26.9 Å². The molecule has 5 heteroatoms. The number of aliphatic hydroxyl groups is 1. The van der Waals surface area contributed by atoms with Crippen LogP contribution in [-0.2, 0) is 0 Å². The summed E-state index contributed by atoms with van der Waals surface area (Å²) in [5.41, 5.74) is 0.165. The molecule has 0 heterocycles. The fourth-order valence-corrected chi connectivity index (χ4v) is 1.67. The van der Waals surface area contributed by atoms with E-state index < -0.39 is 11.6 Å². The smallest absolute Gasteiger partial charge is 0.128 e. The highest BCUT2D eigenvalue weighted by Crippen LogP contribution is 2.30. The largest absolute Gasteiger partial charge is 0.497 e. The summed E-state index contributed by atoms with van der Waals surface area (Å²) in [4.78, 5) is 0. The Morgan fingerprint density at radius 2 is 2.05 bits per heavy atom. The quantitative estimate of drug-likeness (QED) is 0.817. The van der Waals surface area contributed by atoms with Crippen LogP contribution in [0.25, 0.3) is 0 Å². The van der Waals surface area contributed by atoms with Crippen LogP contribution in [0.1, 0.15) is 25.5 Å². The Balaban J connectivity index is 3.09. The topological polar surface area (TPSA) is 74.5 Å². The van der Waals surface area contributed by atoms with E-state index in [1.165, 1.54) is 0 Å². The molecule has 0 aliphatic rings. The molecule has 1 aromatic carbocycles. The van der Waals surface area contributed by atoms with Gasteiger partial charge in [-0.05, 0) is 26.0 Å². The van der Waals surface area contributed by atoms with Gasteiger partial charge >= 0.3 is 0 Å². The molecule has 0 radical (unpaired) electrons. The van der Waals surface area contributed by atoms with Crippen LogP contribution < -0.4 is 14.8 Å². The minimum Gasteiger partial charge on any atom is -0.497 e. The zero-order chi connectivity index (χ0) is 14.5. The van der Waals surface area contributed by atoms with Crippen molar-refractivity contribution in [2.75, 3.05) is 20.8 Å². The van der Waals surface area contributed by atoms with Gasteiger partial charge in [0, 0.05) is 17.2 Å². The molecule has 1 atom stereocenters. The Hall–Kier alpha value is -1.77. The first-order chi connectivity index (χ1) is 8.97. The van der Waals surface area contributed by atoms with Crippen LogP contribution in [0, 0.1) is 11.3 Å². The Morgan fingerprint density at radius 3 is 2.53 bits per heavy atom. The average molecular weight is 264 g/mol. The molecule has 0 saturated heterocycles. The van der Waals surface area contributed by atoms with Crippen LogP contribution in [0.4, 0.5) is 0 Å². The molecule has 1 aromatic rings. The van der Waals surface area contributed by atoms with Crippen LogP contribution in [-0.4, -0.2) is 31.5 Å². The molecule has 0 aliphatic carbocycles. The molecular weight excluding hydrogens is 244 g/mol. The van der Waals surface area contributed by atoms with Crippen LogP contribution in [0.15, 0.2) is 18.2 Å². The third kappa shape index (κ3) is 3.85. The van der Waals surface area contributed by atoms with E-state index in [9.17, 15) is 10.4 Å². The summed E-state index contributed by atoms with van der Waals surface area (Å²) in [5.74, 6) is 1.24. The number of aliphatic hydroxyl groups excluding tert-OH is 1. The first-order valence-electron chi connectivity index (χ1n) is 5.97. The third-order valence-corrected chi connectivity index (χ3v) is 2.81. The van der Waals surface area contributed by atoms with Gasteiger partial charge in [-0.1, -0.05) is 0 Å². The number of benzene rings is 1. The minimum absolute atomic E-state index is 0.0658. The van der Waals surface area contributed by atoms with Gasteiger partial charge in [0.2, 0.25) is 0 Å². The lowest BCUT2D eigenvalue weighted by Crippen LogP contribution is -2.44. The number of rotatable bonds is 6. The highest BCUT2D eigenvalue weighted by Gasteiger charge is 2.24. The maximum absolute atomic E-state index is 9.30. The molecule has 0 aromatic heterocycles. The maximum Gasteiger partial charge on any atom is 0.128 e. The lowest BCUT2D eigenvalue weighted by molar-refractivity contribution is 0.182. The van der Waals surface area contributed by atoms with Gasteiger partial charge in [-0.2, -0.15) is 5.26 Å². The van der Waals surface area contributed by atoms with Crippen molar-refractivity contribution in [3.63, 3.8) is 0 Å². The van der Waals surface area contributed by atoms with E-state index in [1.54, 1.807) is 32.4 Å². The lowest BCUT2D eigenvalue weighted by atomic mass is 10.0. The second-order valence-electron chi connectivity index (χ2n) is 4.86. The van der Waals surface area contributed by atoms with Gasteiger partial charge in [0.25, 0.3) is 0 Å². The van der Waals surface area contributed by atoms with Crippen molar-refractivity contribution in [3.05, 3.63) is 23.8 Å². The number of hydrogen-bond acceptors (Lipinski definition) is 5. The number of ether oxygens (including phenoxy) is 2. The van der Waals surface area contributed by atoms with E-state index in [2.05, 4.69) is 11.4 Å². The predicted molar refractivity (Wildman–Crippen MR) is 72.2 cm³/mol.